The maximum atomic E-state index is 5.45. The summed E-state index contributed by atoms with van der Waals surface area (Å²) in [6.07, 6.45) is 0. The van der Waals surface area contributed by atoms with Crippen LogP contribution in [0.25, 0.3) is 0 Å². The predicted molar refractivity (Wildman–Crippen MR) is 61.4 cm³/mol. The summed E-state index contributed by atoms with van der Waals surface area (Å²) in [6, 6.07) is 7.57. The third-order valence-electron chi connectivity index (χ3n) is 1.71. The first-order valence-electron chi connectivity index (χ1n) is 4.63. The fourth-order valence-electron chi connectivity index (χ4n) is 1.01. The fourth-order valence-corrected chi connectivity index (χ4v) is 1.08. The second-order valence-corrected chi connectivity index (χ2v) is 3.07. The van der Waals surface area contributed by atoms with Crippen LogP contribution in [0, 0.1) is 11.8 Å². The SMILES string of the molecule is COCCOc1ccc(C#CCCl)cc1. The van der Waals surface area contributed by atoms with E-state index in [0.29, 0.717) is 19.1 Å². The minimum Gasteiger partial charge on any atom is -0.491 e. The Bertz CT molecular complexity index is 335. The highest BCUT2D eigenvalue weighted by Crippen LogP contribution is 2.11. The molecule has 0 atom stereocenters. The molecule has 0 aliphatic carbocycles. The summed E-state index contributed by atoms with van der Waals surface area (Å²) in [5, 5.41) is 0. The molecular weight excluding hydrogens is 212 g/mol. The maximum absolute atomic E-state index is 5.45. The molecule has 0 saturated carbocycles. The standard InChI is InChI=1S/C12H13ClO2/c1-14-9-10-15-12-6-4-11(5-7-12)3-2-8-13/h4-7H,8-10H2,1H3. The van der Waals surface area contributed by atoms with Crippen LogP contribution in [0.4, 0.5) is 0 Å². The van der Waals surface area contributed by atoms with E-state index >= 15 is 0 Å². The van der Waals surface area contributed by atoms with E-state index in [9.17, 15) is 0 Å². The third-order valence-corrected chi connectivity index (χ3v) is 1.84. The van der Waals surface area contributed by atoms with Gasteiger partial charge in [-0.25, -0.2) is 0 Å². The van der Waals surface area contributed by atoms with Gasteiger partial charge in [0, 0.05) is 12.7 Å². The summed E-state index contributed by atoms with van der Waals surface area (Å²) in [7, 11) is 1.65. The van der Waals surface area contributed by atoms with Crippen LogP contribution in [0.5, 0.6) is 5.75 Å². The summed E-state index contributed by atoms with van der Waals surface area (Å²) in [5.41, 5.74) is 0.940. The normalized spacial score (nSPS) is 9.20. The monoisotopic (exact) mass is 224 g/mol. The lowest BCUT2D eigenvalue weighted by Crippen LogP contribution is -2.03. The summed E-state index contributed by atoms with van der Waals surface area (Å²) in [6.45, 7) is 1.15. The fraction of sp³-hybridized carbons (Fsp3) is 0.333. The Morgan fingerprint density at radius 2 is 1.93 bits per heavy atom. The molecule has 3 heteroatoms. The molecule has 0 aliphatic heterocycles. The lowest BCUT2D eigenvalue weighted by atomic mass is 10.2. The molecule has 1 aromatic carbocycles. The van der Waals surface area contributed by atoms with Gasteiger partial charge >= 0.3 is 0 Å². The van der Waals surface area contributed by atoms with Gasteiger partial charge < -0.3 is 9.47 Å². The van der Waals surface area contributed by atoms with Gasteiger partial charge in [-0.15, -0.1) is 11.6 Å². The zero-order chi connectivity index (χ0) is 10.9. The Balaban J connectivity index is 2.49. The molecule has 0 radical (unpaired) electrons. The maximum Gasteiger partial charge on any atom is 0.119 e. The summed E-state index contributed by atoms with van der Waals surface area (Å²) in [4.78, 5) is 0. The Labute approximate surface area is 95.2 Å². The van der Waals surface area contributed by atoms with Crippen molar-refractivity contribution in [1.82, 2.24) is 0 Å². The zero-order valence-electron chi connectivity index (χ0n) is 8.63. The summed E-state index contributed by atoms with van der Waals surface area (Å²) >= 11 is 5.45. The van der Waals surface area contributed by atoms with Gasteiger partial charge in [-0.3, -0.25) is 0 Å². The molecule has 0 aliphatic rings. The molecule has 0 saturated heterocycles. The van der Waals surface area contributed by atoms with Gasteiger partial charge in [-0.2, -0.15) is 0 Å². The molecule has 15 heavy (non-hydrogen) atoms. The Morgan fingerprint density at radius 3 is 2.53 bits per heavy atom. The lowest BCUT2D eigenvalue weighted by molar-refractivity contribution is 0.146. The molecule has 0 unspecified atom stereocenters. The topological polar surface area (TPSA) is 18.5 Å². The van der Waals surface area contributed by atoms with E-state index in [1.54, 1.807) is 7.11 Å². The molecule has 0 N–H and O–H groups in total. The van der Waals surface area contributed by atoms with E-state index in [1.165, 1.54) is 0 Å². The number of hydrogen-bond donors (Lipinski definition) is 0. The van der Waals surface area contributed by atoms with Crippen molar-refractivity contribution < 1.29 is 9.47 Å². The number of benzene rings is 1. The Hall–Kier alpha value is -1.17. The van der Waals surface area contributed by atoms with Gasteiger partial charge in [0.15, 0.2) is 0 Å². The van der Waals surface area contributed by atoms with Gasteiger partial charge in [-0.1, -0.05) is 11.8 Å². The van der Waals surface area contributed by atoms with Crippen molar-refractivity contribution in [1.29, 1.82) is 0 Å². The quantitative estimate of drug-likeness (QED) is 0.444. The van der Waals surface area contributed by atoms with Crippen LogP contribution >= 0.6 is 11.6 Å². The molecular formula is C12H13ClO2. The van der Waals surface area contributed by atoms with Crippen molar-refractivity contribution in [3.8, 4) is 17.6 Å². The predicted octanol–water partition coefficient (Wildman–Crippen LogP) is 2.30. The minimum absolute atomic E-state index is 0.353. The number of methoxy groups -OCH3 is 1. The Kier molecular flexibility index (Phi) is 5.69. The minimum atomic E-state index is 0.353. The van der Waals surface area contributed by atoms with Crippen LogP contribution in [0.2, 0.25) is 0 Å². The number of rotatable bonds is 4. The molecule has 0 spiro atoms. The molecule has 0 bridgehead atoms. The van der Waals surface area contributed by atoms with E-state index in [2.05, 4.69) is 11.8 Å². The van der Waals surface area contributed by atoms with Gasteiger partial charge in [0.2, 0.25) is 0 Å². The molecule has 1 aromatic rings. The highest BCUT2D eigenvalue weighted by Gasteiger charge is 1.92. The van der Waals surface area contributed by atoms with E-state index < -0.39 is 0 Å². The molecule has 0 heterocycles. The first-order valence-corrected chi connectivity index (χ1v) is 5.17. The average Bonchev–Trinajstić information content (AvgIpc) is 2.28. The van der Waals surface area contributed by atoms with Crippen molar-refractivity contribution in [2.24, 2.45) is 0 Å². The van der Waals surface area contributed by atoms with Crippen molar-refractivity contribution in [2.75, 3.05) is 26.2 Å². The van der Waals surface area contributed by atoms with Crippen molar-refractivity contribution in [3.05, 3.63) is 29.8 Å². The largest absolute Gasteiger partial charge is 0.491 e. The van der Waals surface area contributed by atoms with Gasteiger partial charge in [-0.05, 0) is 24.3 Å². The van der Waals surface area contributed by atoms with Crippen LogP contribution < -0.4 is 4.74 Å². The zero-order valence-corrected chi connectivity index (χ0v) is 9.38. The molecule has 0 amide bonds. The van der Waals surface area contributed by atoms with E-state index in [1.807, 2.05) is 24.3 Å². The highest BCUT2D eigenvalue weighted by atomic mass is 35.5. The molecule has 2 nitrogen and oxygen atoms in total. The Morgan fingerprint density at radius 1 is 1.20 bits per heavy atom. The van der Waals surface area contributed by atoms with E-state index in [4.69, 9.17) is 21.1 Å². The number of alkyl halides is 1. The summed E-state index contributed by atoms with van der Waals surface area (Å²) in [5.74, 6) is 6.89. The summed E-state index contributed by atoms with van der Waals surface area (Å²) < 4.78 is 10.3. The second kappa shape index (κ2) is 7.17. The highest BCUT2D eigenvalue weighted by molar-refractivity contribution is 6.19. The third kappa shape index (κ3) is 4.73. The van der Waals surface area contributed by atoms with E-state index in [-0.39, 0.29) is 0 Å². The number of ether oxygens (including phenoxy) is 2. The van der Waals surface area contributed by atoms with Gasteiger partial charge in [0.25, 0.3) is 0 Å². The first kappa shape index (κ1) is 11.9. The van der Waals surface area contributed by atoms with Crippen molar-refractivity contribution >= 4 is 11.6 Å². The van der Waals surface area contributed by atoms with Crippen LogP contribution in [0.15, 0.2) is 24.3 Å². The van der Waals surface area contributed by atoms with Crippen LogP contribution in [0.3, 0.4) is 0 Å². The van der Waals surface area contributed by atoms with Crippen molar-refractivity contribution in [3.63, 3.8) is 0 Å². The van der Waals surface area contributed by atoms with Crippen LogP contribution in [-0.2, 0) is 4.74 Å². The molecule has 1 rings (SSSR count). The molecule has 0 aromatic heterocycles. The van der Waals surface area contributed by atoms with Crippen molar-refractivity contribution in [2.45, 2.75) is 0 Å². The smallest absolute Gasteiger partial charge is 0.119 e. The van der Waals surface area contributed by atoms with Crippen LogP contribution in [-0.4, -0.2) is 26.2 Å². The van der Waals surface area contributed by atoms with Crippen LogP contribution in [0.1, 0.15) is 5.56 Å². The first-order chi connectivity index (χ1) is 7.36. The number of hydrogen-bond acceptors (Lipinski definition) is 2. The molecule has 0 fully saturated rings. The van der Waals surface area contributed by atoms with Gasteiger partial charge in [0.1, 0.15) is 12.4 Å². The average molecular weight is 225 g/mol. The number of halogens is 1. The van der Waals surface area contributed by atoms with Gasteiger partial charge in [0.05, 0.1) is 12.5 Å². The lowest BCUT2D eigenvalue weighted by Gasteiger charge is -2.04. The second-order valence-electron chi connectivity index (χ2n) is 2.80. The van der Waals surface area contributed by atoms with E-state index in [0.717, 1.165) is 11.3 Å². The molecule has 80 valence electrons.